The van der Waals surface area contributed by atoms with Gasteiger partial charge in [0.1, 0.15) is 6.61 Å². The van der Waals surface area contributed by atoms with Crippen LogP contribution in [0.25, 0.3) is 0 Å². The molecule has 1 aromatic heterocycles. The predicted octanol–water partition coefficient (Wildman–Crippen LogP) is 3.59. The molecule has 0 saturated carbocycles. The molecule has 2 N–H and O–H groups in total. The number of anilines is 1. The van der Waals surface area contributed by atoms with Gasteiger partial charge >= 0.3 is 0 Å². The lowest BCUT2D eigenvalue weighted by Gasteiger charge is -2.08. The van der Waals surface area contributed by atoms with Crippen LogP contribution >= 0.6 is 0 Å². The first-order valence-electron chi connectivity index (χ1n) is 10.4. The summed E-state index contributed by atoms with van der Waals surface area (Å²) in [6.07, 6.45) is 4.12. The number of benzene rings is 2. The Morgan fingerprint density at radius 3 is 2.48 bits per heavy atom. The van der Waals surface area contributed by atoms with Crippen LogP contribution in [-0.2, 0) is 21.3 Å². The highest BCUT2D eigenvalue weighted by Crippen LogP contribution is 2.12. The maximum Gasteiger partial charge on any atom is 0.255 e. The average molecular weight is 464 g/mol. The van der Waals surface area contributed by atoms with Gasteiger partial charge in [-0.05, 0) is 60.5 Å². The fourth-order valence-electron chi connectivity index (χ4n) is 2.80. The van der Waals surface area contributed by atoms with Crippen LogP contribution in [0.5, 0.6) is 0 Å². The number of ether oxygens (including phenoxy) is 1. The van der Waals surface area contributed by atoms with E-state index in [0.29, 0.717) is 30.0 Å². The van der Waals surface area contributed by atoms with E-state index < -0.39 is 10.0 Å². The molecule has 0 aliphatic carbocycles. The first kappa shape index (κ1) is 24.1. The molecule has 0 bridgehead atoms. The Balaban J connectivity index is 1.54. The lowest BCUT2D eigenvalue weighted by Crippen LogP contribution is -2.23. The Morgan fingerprint density at radius 1 is 1.06 bits per heavy atom. The van der Waals surface area contributed by atoms with Crippen molar-refractivity contribution in [3.63, 3.8) is 0 Å². The molecule has 1 amide bonds. The molecule has 2 aromatic carbocycles. The van der Waals surface area contributed by atoms with Crippen LogP contribution in [0.2, 0.25) is 0 Å². The molecule has 3 aromatic rings. The smallest absolute Gasteiger partial charge is 0.255 e. The number of hydrogen-bond donors (Lipinski definition) is 2. The molecular weight excluding hydrogens is 438 g/mol. The Kier molecular flexibility index (Phi) is 8.72. The highest BCUT2D eigenvalue weighted by Gasteiger charge is 2.14. The number of nitrogens with one attached hydrogen (secondary N) is 2. The minimum absolute atomic E-state index is 0.100. The summed E-state index contributed by atoms with van der Waals surface area (Å²) in [6.45, 7) is 3.14. The van der Waals surface area contributed by atoms with Gasteiger partial charge in [-0.25, -0.2) is 13.1 Å². The number of carbonyl (C=O) groups excluding carboxylic acids is 1. The molecule has 0 spiro atoms. The second-order valence-electron chi connectivity index (χ2n) is 7.10. The molecule has 7 nitrogen and oxygen atoms in total. The van der Waals surface area contributed by atoms with Gasteiger partial charge in [-0.3, -0.25) is 9.78 Å². The SMILES string of the molecule is CCCOCC#Cc1ccc(S(=O)(=O)NCc2ccc(C(=O)Nc3cccnc3)cc2)cc1. The molecule has 8 heteroatoms. The summed E-state index contributed by atoms with van der Waals surface area (Å²) in [7, 11) is -3.68. The van der Waals surface area contributed by atoms with Crippen LogP contribution in [0.4, 0.5) is 5.69 Å². The van der Waals surface area contributed by atoms with Crippen LogP contribution in [0.1, 0.15) is 34.8 Å². The van der Waals surface area contributed by atoms with E-state index in [2.05, 4.69) is 26.9 Å². The van der Waals surface area contributed by atoms with E-state index in [0.717, 1.165) is 12.0 Å². The van der Waals surface area contributed by atoms with Crippen LogP contribution in [0.3, 0.4) is 0 Å². The van der Waals surface area contributed by atoms with Gasteiger partial charge < -0.3 is 10.1 Å². The highest BCUT2D eigenvalue weighted by atomic mass is 32.2. The Hall–Kier alpha value is -3.51. The Labute approximate surface area is 194 Å². The highest BCUT2D eigenvalue weighted by molar-refractivity contribution is 7.89. The minimum atomic E-state index is -3.68. The van der Waals surface area contributed by atoms with Crippen molar-refractivity contribution < 1.29 is 17.9 Å². The number of amides is 1. The zero-order chi connectivity index (χ0) is 23.5. The summed E-state index contributed by atoms with van der Waals surface area (Å²) < 4.78 is 33.1. The van der Waals surface area contributed by atoms with Gasteiger partial charge in [0, 0.05) is 30.5 Å². The number of pyridine rings is 1. The van der Waals surface area contributed by atoms with Crippen molar-refractivity contribution in [3.05, 3.63) is 89.7 Å². The van der Waals surface area contributed by atoms with Gasteiger partial charge in [0.25, 0.3) is 5.91 Å². The average Bonchev–Trinajstić information content (AvgIpc) is 2.84. The quantitative estimate of drug-likeness (QED) is 0.373. The standard InChI is InChI=1S/C25H25N3O4S/c1-2-16-32-17-4-5-20-9-13-24(14-10-20)33(30,31)27-18-21-7-11-22(12-8-21)25(29)28-23-6-3-15-26-19-23/h3,6-15,19,27H,2,16-18H2,1H3,(H,28,29). The molecule has 3 rings (SSSR count). The summed E-state index contributed by atoms with van der Waals surface area (Å²) in [5.74, 6) is 5.57. The van der Waals surface area contributed by atoms with E-state index in [1.54, 1.807) is 60.9 Å². The maximum absolute atomic E-state index is 12.6. The molecule has 0 unspecified atom stereocenters. The Bertz CT molecular complexity index is 1210. The molecule has 0 saturated heterocycles. The first-order chi connectivity index (χ1) is 16.0. The van der Waals surface area contributed by atoms with Crippen molar-refractivity contribution in [2.75, 3.05) is 18.5 Å². The molecule has 1 heterocycles. The van der Waals surface area contributed by atoms with Gasteiger partial charge in [0.2, 0.25) is 10.0 Å². The van der Waals surface area contributed by atoms with E-state index in [4.69, 9.17) is 4.74 Å². The van der Waals surface area contributed by atoms with E-state index in [1.165, 1.54) is 12.1 Å². The summed E-state index contributed by atoms with van der Waals surface area (Å²) in [4.78, 5) is 16.4. The van der Waals surface area contributed by atoms with Crippen molar-refractivity contribution in [2.24, 2.45) is 0 Å². The van der Waals surface area contributed by atoms with E-state index >= 15 is 0 Å². The van der Waals surface area contributed by atoms with Crippen LogP contribution in [-0.4, -0.2) is 32.5 Å². The third-order valence-corrected chi connectivity index (χ3v) is 5.94. The van der Waals surface area contributed by atoms with E-state index in [1.807, 2.05) is 6.92 Å². The first-order valence-corrected chi connectivity index (χ1v) is 11.9. The molecule has 33 heavy (non-hydrogen) atoms. The van der Waals surface area contributed by atoms with Crippen LogP contribution < -0.4 is 10.0 Å². The number of hydrogen-bond acceptors (Lipinski definition) is 5. The third-order valence-electron chi connectivity index (χ3n) is 4.52. The topological polar surface area (TPSA) is 97.4 Å². The lowest BCUT2D eigenvalue weighted by atomic mass is 10.1. The van der Waals surface area contributed by atoms with Gasteiger partial charge in [0.05, 0.1) is 16.8 Å². The fourth-order valence-corrected chi connectivity index (χ4v) is 3.82. The zero-order valence-corrected chi connectivity index (χ0v) is 19.1. The van der Waals surface area contributed by atoms with E-state index in [-0.39, 0.29) is 17.3 Å². The van der Waals surface area contributed by atoms with Crippen molar-refractivity contribution in [1.29, 1.82) is 0 Å². The van der Waals surface area contributed by atoms with Crippen molar-refractivity contribution in [3.8, 4) is 11.8 Å². The molecule has 0 aliphatic rings. The number of rotatable bonds is 9. The lowest BCUT2D eigenvalue weighted by molar-refractivity contribution is 0.102. The third kappa shape index (κ3) is 7.54. The summed E-state index contributed by atoms with van der Waals surface area (Å²) in [6, 6.07) is 16.6. The summed E-state index contributed by atoms with van der Waals surface area (Å²) in [5, 5.41) is 2.75. The monoisotopic (exact) mass is 463 g/mol. The van der Waals surface area contributed by atoms with Gasteiger partial charge in [0.15, 0.2) is 0 Å². The molecule has 0 aliphatic heterocycles. The zero-order valence-electron chi connectivity index (χ0n) is 18.2. The van der Waals surface area contributed by atoms with E-state index in [9.17, 15) is 13.2 Å². The molecule has 0 atom stereocenters. The van der Waals surface area contributed by atoms with Gasteiger partial charge in [-0.2, -0.15) is 0 Å². The summed E-state index contributed by atoms with van der Waals surface area (Å²) >= 11 is 0. The maximum atomic E-state index is 12.6. The molecule has 0 fully saturated rings. The van der Waals surface area contributed by atoms with Crippen LogP contribution in [0.15, 0.2) is 78.0 Å². The second kappa shape index (κ2) is 11.9. The van der Waals surface area contributed by atoms with Gasteiger partial charge in [-0.1, -0.05) is 30.9 Å². The Morgan fingerprint density at radius 2 is 1.82 bits per heavy atom. The number of nitrogens with zero attached hydrogens (tertiary/aromatic N) is 1. The molecule has 0 radical (unpaired) electrons. The molecular formula is C25H25N3O4S. The van der Waals surface area contributed by atoms with Crippen LogP contribution in [0, 0.1) is 11.8 Å². The molecule has 170 valence electrons. The fraction of sp³-hybridized carbons (Fsp3) is 0.200. The number of sulfonamides is 1. The summed E-state index contributed by atoms with van der Waals surface area (Å²) in [5.41, 5.74) is 2.50. The largest absolute Gasteiger partial charge is 0.369 e. The number of aromatic nitrogens is 1. The van der Waals surface area contributed by atoms with Gasteiger partial charge in [-0.15, -0.1) is 0 Å². The van der Waals surface area contributed by atoms with Crippen molar-refractivity contribution in [1.82, 2.24) is 9.71 Å². The minimum Gasteiger partial charge on any atom is -0.369 e. The number of carbonyl (C=O) groups is 1. The van der Waals surface area contributed by atoms with Crippen molar-refractivity contribution in [2.45, 2.75) is 24.8 Å². The van der Waals surface area contributed by atoms with Crippen molar-refractivity contribution >= 4 is 21.6 Å². The predicted molar refractivity (Wildman–Crippen MR) is 127 cm³/mol. The second-order valence-corrected chi connectivity index (χ2v) is 8.86. The normalized spacial score (nSPS) is 10.8.